The lowest BCUT2D eigenvalue weighted by Crippen LogP contribution is -2.38. The summed E-state index contributed by atoms with van der Waals surface area (Å²) in [6, 6.07) is 8.60. The van der Waals surface area contributed by atoms with Crippen molar-refractivity contribution >= 4 is 23.0 Å². The standard InChI is InChI=1S/C21H23F2N3O3/c22-15-1-3-18(23)17(13-15)21(27)24-19-4-2-16(25-5-9-28-10-6-25)14-20(19)26-7-11-29-12-8-26/h1-4,13-14H,5-12H2,(H,24,27). The average molecular weight is 403 g/mol. The zero-order chi connectivity index (χ0) is 20.2. The predicted molar refractivity (Wildman–Crippen MR) is 107 cm³/mol. The molecule has 2 aromatic rings. The highest BCUT2D eigenvalue weighted by Gasteiger charge is 2.21. The van der Waals surface area contributed by atoms with Gasteiger partial charge in [-0.15, -0.1) is 0 Å². The van der Waals surface area contributed by atoms with Crippen molar-refractivity contribution in [3.05, 3.63) is 53.6 Å². The van der Waals surface area contributed by atoms with E-state index in [1.165, 1.54) is 0 Å². The van der Waals surface area contributed by atoms with Crippen LogP contribution >= 0.6 is 0 Å². The summed E-state index contributed by atoms with van der Waals surface area (Å²) in [5, 5.41) is 2.75. The molecule has 4 rings (SSSR count). The highest BCUT2D eigenvalue weighted by atomic mass is 19.1. The number of anilines is 3. The van der Waals surface area contributed by atoms with Crippen molar-refractivity contribution in [3.8, 4) is 0 Å². The van der Waals surface area contributed by atoms with Gasteiger partial charge in [-0.3, -0.25) is 4.79 Å². The molecule has 2 aromatic carbocycles. The summed E-state index contributed by atoms with van der Waals surface area (Å²) in [7, 11) is 0. The summed E-state index contributed by atoms with van der Waals surface area (Å²) in [6.07, 6.45) is 0. The smallest absolute Gasteiger partial charge is 0.258 e. The predicted octanol–water partition coefficient (Wildman–Crippen LogP) is 2.89. The van der Waals surface area contributed by atoms with Gasteiger partial charge in [-0.1, -0.05) is 0 Å². The summed E-state index contributed by atoms with van der Waals surface area (Å²) >= 11 is 0. The average Bonchev–Trinajstić information content (AvgIpc) is 2.77. The lowest BCUT2D eigenvalue weighted by molar-refractivity contribution is 0.102. The van der Waals surface area contributed by atoms with Gasteiger partial charge in [0, 0.05) is 31.9 Å². The third kappa shape index (κ3) is 4.49. The maximum absolute atomic E-state index is 14.0. The molecule has 29 heavy (non-hydrogen) atoms. The number of nitrogens with one attached hydrogen (secondary N) is 1. The van der Waals surface area contributed by atoms with E-state index >= 15 is 0 Å². The van der Waals surface area contributed by atoms with Gasteiger partial charge in [-0.05, 0) is 36.4 Å². The topological polar surface area (TPSA) is 54.0 Å². The number of rotatable bonds is 4. The molecule has 0 unspecified atom stereocenters. The summed E-state index contributed by atoms with van der Waals surface area (Å²) in [4.78, 5) is 17.0. The van der Waals surface area contributed by atoms with Gasteiger partial charge in [0.15, 0.2) is 0 Å². The molecule has 8 heteroatoms. The van der Waals surface area contributed by atoms with E-state index in [0.29, 0.717) is 45.2 Å². The molecule has 1 N–H and O–H groups in total. The van der Waals surface area contributed by atoms with Crippen LogP contribution in [0, 0.1) is 11.6 Å². The van der Waals surface area contributed by atoms with Gasteiger partial charge in [-0.2, -0.15) is 0 Å². The van der Waals surface area contributed by atoms with Crippen LogP contribution in [-0.2, 0) is 9.47 Å². The third-order valence-corrected chi connectivity index (χ3v) is 5.13. The van der Waals surface area contributed by atoms with E-state index in [-0.39, 0.29) is 5.56 Å². The third-order valence-electron chi connectivity index (χ3n) is 5.13. The molecule has 0 spiro atoms. The Hall–Kier alpha value is -2.71. The van der Waals surface area contributed by atoms with Crippen molar-refractivity contribution in [3.63, 3.8) is 0 Å². The molecule has 1 amide bonds. The van der Waals surface area contributed by atoms with Crippen molar-refractivity contribution in [2.24, 2.45) is 0 Å². The molecular formula is C21H23F2N3O3. The van der Waals surface area contributed by atoms with E-state index in [1.54, 1.807) is 0 Å². The van der Waals surface area contributed by atoms with E-state index in [0.717, 1.165) is 42.7 Å². The summed E-state index contributed by atoms with van der Waals surface area (Å²) < 4.78 is 38.4. The second-order valence-electron chi connectivity index (χ2n) is 6.98. The van der Waals surface area contributed by atoms with Crippen molar-refractivity contribution in [1.82, 2.24) is 0 Å². The van der Waals surface area contributed by atoms with E-state index in [9.17, 15) is 13.6 Å². The lowest BCUT2D eigenvalue weighted by Gasteiger charge is -2.33. The molecule has 154 valence electrons. The van der Waals surface area contributed by atoms with Crippen molar-refractivity contribution in [2.45, 2.75) is 0 Å². The maximum atomic E-state index is 14.0. The van der Waals surface area contributed by atoms with Crippen molar-refractivity contribution < 1.29 is 23.0 Å². The fraction of sp³-hybridized carbons (Fsp3) is 0.381. The first-order chi connectivity index (χ1) is 14.1. The molecule has 2 aliphatic rings. The first kappa shape index (κ1) is 19.6. The van der Waals surface area contributed by atoms with Crippen molar-refractivity contribution in [1.29, 1.82) is 0 Å². The fourth-order valence-electron chi connectivity index (χ4n) is 3.57. The maximum Gasteiger partial charge on any atom is 0.258 e. The molecule has 0 bridgehead atoms. The lowest BCUT2D eigenvalue weighted by atomic mass is 10.1. The van der Waals surface area contributed by atoms with Crippen LogP contribution in [0.2, 0.25) is 0 Å². The SMILES string of the molecule is O=C(Nc1ccc(N2CCOCC2)cc1N1CCOCC1)c1cc(F)ccc1F. The molecule has 2 fully saturated rings. The number of morpholine rings is 2. The minimum Gasteiger partial charge on any atom is -0.378 e. The second kappa shape index (κ2) is 8.75. The largest absolute Gasteiger partial charge is 0.378 e. The summed E-state index contributed by atoms with van der Waals surface area (Å²) in [6.45, 7) is 5.48. The molecule has 0 radical (unpaired) electrons. The Labute approximate surface area is 168 Å². The minimum atomic E-state index is -0.762. The van der Waals surface area contributed by atoms with Crippen LogP contribution in [0.25, 0.3) is 0 Å². The highest BCUT2D eigenvalue weighted by Crippen LogP contribution is 2.32. The van der Waals surface area contributed by atoms with E-state index in [4.69, 9.17) is 9.47 Å². The van der Waals surface area contributed by atoms with E-state index in [2.05, 4.69) is 15.1 Å². The molecule has 2 aliphatic heterocycles. The Balaban J connectivity index is 1.64. The summed E-state index contributed by atoms with van der Waals surface area (Å²) in [5.41, 5.74) is 2.10. The normalized spacial score (nSPS) is 17.3. The second-order valence-corrected chi connectivity index (χ2v) is 6.98. The number of halogens is 2. The van der Waals surface area contributed by atoms with Crippen LogP contribution in [0.3, 0.4) is 0 Å². The monoisotopic (exact) mass is 403 g/mol. The molecule has 0 saturated carbocycles. The molecule has 6 nitrogen and oxygen atoms in total. The Bertz CT molecular complexity index is 881. The number of benzene rings is 2. The zero-order valence-corrected chi connectivity index (χ0v) is 16.0. The van der Waals surface area contributed by atoms with Gasteiger partial charge in [0.2, 0.25) is 0 Å². The number of hydrogen-bond donors (Lipinski definition) is 1. The molecule has 0 aliphatic carbocycles. The number of hydrogen-bond acceptors (Lipinski definition) is 5. The Morgan fingerprint density at radius 3 is 2.21 bits per heavy atom. The van der Waals surface area contributed by atoms with Crippen molar-refractivity contribution in [2.75, 3.05) is 67.7 Å². The van der Waals surface area contributed by atoms with Gasteiger partial charge in [0.1, 0.15) is 11.6 Å². The van der Waals surface area contributed by atoms with Crippen LogP contribution in [0.5, 0.6) is 0 Å². The molecule has 0 aromatic heterocycles. The quantitative estimate of drug-likeness (QED) is 0.851. The minimum absolute atomic E-state index is 0.324. The Morgan fingerprint density at radius 1 is 0.862 bits per heavy atom. The van der Waals surface area contributed by atoms with Crippen LogP contribution in [0.4, 0.5) is 25.8 Å². The van der Waals surface area contributed by atoms with Gasteiger partial charge in [0.25, 0.3) is 5.91 Å². The Kier molecular flexibility index (Phi) is 5.92. The fourth-order valence-corrected chi connectivity index (χ4v) is 3.57. The number of amides is 1. The Morgan fingerprint density at radius 2 is 1.52 bits per heavy atom. The van der Waals surface area contributed by atoms with Crippen LogP contribution in [0.15, 0.2) is 36.4 Å². The van der Waals surface area contributed by atoms with Crippen LogP contribution in [0.1, 0.15) is 10.4 Å². The van der Waals surface area contributed by atoms with E-state index in [1.807, 2.05) is 18.2 Å². The molecular weight excluding hydrogens is 380 g/mol. The van der Waals surface area contributed by atoms with Gasteiger partial charge < -0.3 is 24.6 Å². The first-order valence-electron chi connectivity index (χ1n) is 9.67. The van der Waals surface area contributed by atoms with Gasteiger partial charge >= 0.3 is 0 Å². The van der Waals surface area contributed by atoms with E-state index < -0.39 is 17.5 Å². The number of carbonyl (C=O) groups is 1. The molecule has 2 heterocycles. The number of carbonyl (C=O) groups excluding carboxylic acids is 1. The van der Waals surface area contributed by atoms with Crippen LogP contribution < -0.4 is 15.1 Å². The van der Waals surface area contributed by atoms with Gasteiger partial charge in [-0.25, -0.2) is 8.78 Å². The number of ether oxygens (including phenoxy) is 2. The first-order valence-corrected chi connectivity index (χ1v) is 9.67. The molecule has 0 atom stereocenters. The number of nitrogens with zero attached hydrogens (tertiary/aromatic N) is 2. The highest BCUT2D eigenvalue weighted by molar-refractivity contribution is 6.06. The molecule has 2 saturated heterocycles. The summed E-state index contributed by atoms with van der Waals surface area (Å²) in [5.74, 6) is -2.11. The van der Waals surface area contributed by atoms with Crippen LogP contribution in [-0.4, -0.2) is 58.5 Å². The zero-order valence-electron chi connectivity index (χ0n) is 16.0. The van der Waals surface area contributed by atoms with Gasteiger partial charge in [0.05, 0.1) is 43.4 Å².